The summed E-state index contributed by atoms with van der Waals surface area (Å²) < 4.78 is 10.9. The average molecular weight is 598 g/mol. The molecular formula is C34H47NO8. The van der Waals surface area contributed by atoms with Crippen molar-refractivity contribution in [3.05, 3.63) is 59.7 Å². The number of hydrogen-bond donors (Lipinski definition) is 3. The lowest BCUT2D eigenvalue weighted by Crippen LogP contribution is -2.43. The first kappa shape index (κ1) is 35.3. The van der Waals surface area contributed by atoms with Gasteiger partial charge in [0.2, 0.25) is 5.91 Å². The molecule has 0 spiro atoms. The highest BCUT2D eigenvalue weighted by Gasteiger charge is 2.23. The van der Waals surface area contributed by atoms with Gasteiger partial charge in [-0.1, -0.05) is 76.1 Å². The van der Waals surface area contributed by atoms with Gasteiger partial charge in [-0.25, -0.2) is 4.79 Å². The molecule has 0 aliphatic heterocycles. The standard InChI is InChI=1S/C34H47NO8/c1-2-3-4-5-8-11-24-42-34(41)30(25-27-14-19-28(36)20-15-27)35-31(37)23-18-26-16-21-29(22-17-26)43-33(40)13-10-7-6-9-12-32(38)39/h14-17,19-22,30,36H,2-13,18,23-25H2,1H3,(H,35,37)(H,38,39)/t30-/m0/s1. The number of hydrogen-bond acceptors (Lipinski definition) is 7. The lowest BCUT2D eigenvalue weighted by atomic mass is 10.0. The van der Waals surface area contributed by atoms with E-state index in [0.717, 1.165) is 43.2 Å². The van der Waals surface area contributed by atoms with Crippen molar-refractivity contribution in [3.8, 4) is 11.5 Å². The Balaban J connectivity index is 1.79. The number of carbonyl (C=O) groups is 4. The highest BCUT2D eigenvalue weighted by atomic mass is 16.5. The molecule has 9 nitrogen and oxygen atoms in total. The van der Waals surface area contributed by atoms with Crippen LogP contribution in [0, 0.1) is 0 Å². The minimum atomic E-state index is -0.837. The molecule has 0 radical (unpaired) electrons. The number of unbranched alkanes of at least 4 members (excludes halogenated alkanes) is 8. The Hall–Kier alpha value is -3.88. The zero-order valence-corrected chi connectivity index (χ0v) is 25.4. The number of aromatic hydroxyl groups is 1. The molecule has 2 aromatic rings. The van der Waals surface area contributed by atoms with Crippen LogP contribution in [0.4, 0.5) is 0 Å². The Kier molecular flexibility index (Phi) is 17.2. The van der Waals surface area contributed by atoms with Crippen LogP contribution in [0.25, 0.3) is 0 Å². The zero-order chi connectivity index (χ0) is 31.3. The van der Waals surface area contributed by atoms with Crippen LogP contribution in [0.1, 0.15) is 102 Å². The zero-order valence-electron chi connectivity index (χ0n) is 25.4. The Morgan fingerprint density at radius 2 is 1.35 bits per heavy atom. The summed E-state index contributed by atoms with van der Waals surface area (Å²) >= 11 is 0. The quantitative estimate of drug-likeness (QED) is 0.0818. The number of carboxylic acid groups (broad SMARTS) is 1. The molecule has 9 heteroatoms. The number of amides is 1. The van der Waals surface area contributed by atoms with Gasteiger partial charge in [-0.15, -0.1) is 0 Å². The van der Waals surface area contributed by atoms with Crippen molar-refractivity contribution in [1.82, 2.24) is 5.32 Å². The molecule has 0 unspecified atom stereocenters. The van der Waals surface area contributed by atoms with Crippen molar-refractivity contribution in [2.45, 2.75) is 109 Å². The third-order valence-corrected chi connectivity index (χ3v) is 7.06. The molecule has 0 heterocycles. The van der Waals surface area contributed by atoms with Crippen molar-refractivity contribution < 1.29 is 38.9 Å². The molecular weight excluding hydrogens is 550 g/mol. The number of phenolic OH excluding ortho intramolecular Hbond substituents is 1. The van der Waals surface area contributed by atoms with Crippen LogP contribution in [-0.4, -0.2) is 46.7 Å². The van der Waals surface area contributed by atoms with Gasteiger partial charge in [0.05, 0.1) is 6.61 Å². The Labute approximate surface area is 255 Å². The summed E-state index contributed by atoms with van der Waals surface area (Å²) in [6, 6.07) is 12.6. The number of esters is 2. The molecule has 43 heavy (non-hydrogen) atoms. The lowest BCUT2D eigenvalue weighted by Gasteiger charge is -2.18. The molecule has 3 N–H and O–H groups in total. The van der Waals surface area contributed by atoms with Crippen LogP contribution in [0.2, 0.25) is 0 Å². The second-order valence-corrected chi connectivity index (χ2v) is 10.9. The van der Waals surface area contributed by atoms with E-state index >= 15 is 0 Å². The number of phenols is 1. The summed E-state index contributed by atoms with van der Waals surface area (Å²) in [4.78, 5) is 48.3. The van der Waals surface area contributed by atoms with E-state index in [-0.39, 0.29) is 43.3 Å². The average Bonchev–Trinajstić information content (AvgIpc) is 2.98. The fraction of sp³-hybridized carbons (Fsp3) is 0.529. The Morgan fingerprint density at radius 1 is 0.744 bits per heavy atom. The topological polar surface area (TPSA) is 139 Å². The van der Waals surface area contributed by atoms with Crippen LogP contribution < -0.4 is 10.1 Å². The summed E-state index contributed by atoms with van der Waals surface area (Å²) in [6.45, 7) is 2.48. The molecule has 1 atom stereocenters. The van der Waals surface area contributed by atoms with Gasteiger partial charge in [-0.05, 0) is 61.1 Å². The second-order valence-electron chi connectivity index (χ2n) is 10.9. The van der Waals surface area contributed by atoms with Gasteiger partial charge in [-0.2, -0.15) is 0 Å². The second kappa shape index (κ2) is 20.9. The minimum Gasteiger partial charge on any atom is -0.508 e. The molecule has 0 bridgehead atoms. The van der Waals surface area contributed by atoms with Crippen molar-refractivity contribution >= 4 is 23.8 Å². The van der Waals surface area contributed by atoms with Crippen molar-refractivity contribution in [2.75, 3.05) is 6.61 Å². The van der Waals surface area contributed by atoms with E-state index in [1.807, 2.05) is 0 Å². The SMILES string of the molecule is CCCCCCCCOC(=O)[C@H](Cc1ccc(O)cc1)NC(=O)CCc1ccc(OC(=O)CCCCCCC(=O)O)cc1. The molecule has 2 aromatic carbocycles. The molecule has 2 rings (SSSR count). The number of nitrogens with one attached hydrogen (secondary N) is 1. The number of aliphatic carboxylic acids is 1. The lowest BCUT2D eigenvalue weighted by molar-refractivity contribution is -0.148. The summed E-state index contributed by atoms with van der Waals surface area (Å²) in [5.74, 6) is -1.35. The van der Waals surface area contributed by atoms with E-state index in [9.17, 15) is 24.3 Å². The van der Waals surface area contributed by atoms with Gasteiger partial charge >= 0.3 is 17.9 Å². The Morgan fingerprint density at radius 3 is 2.02 bits per heavy atom. The van der Waals surface area contributed by atoms with Crippen LogP contribution in [0.15, 0.2) is 48.5 Å². The van der Waals surface area contributed by atoms with E-state index in [2.05, 4.69) is 12.2 Å². The smallest absolute Gasteiger partial charge is 0.328 e. The first-order chi connectivity index (χ1) is 20.8. The minimum absolute atomic E-state index is 0.126. The largest absolute Gasteiger partial charge is 0.508 e. The number of carboxylic acids is 1. The molecule has 0 saturated carbocycles. The first-order valence-corrected chi connectivity index (χ1v) is 15.5. The first-order valence-electron chi connectivity index (χ1n) is 15.5. The number of ether oxygens (including phenoxy) is 2. The normalized spacial score (nSPS) is 11.5. The van der Waals surface area contributed by atoms with E-state index < -0.39 is 18.0 Å². The van der Waals surface area contributed by atoms with E-state index in [0.29, 0.717) is 31.6 Å². The number of rotatable bonds is 22. The van der Waals surface area contributed by atoms with Crippen LogP contribution in [0.3, 0.4) is 0 Å². The number of benzene rings is 2. The van der Waals surface area contributed by atoms with Crippen LogP contribution >= 0.6 is 0 Å². The van der Waals surface area contributed by atoms with E-state index in [4.69, 9.17) is 14.6 Å². The number of carbonyl (C=O) groups excluding carboxylic acids is 3. The van der Waals surface area contributed by atoms with Gasteiger partial charge in [-0.3, -0.25) is 14.4 Å². The van der Waals surface area contributed by atoms with Gasteiger partial charge < -0.3 is 25.0 Å². The van der Waals surface area contributed by atoms with Crippen LogP contribution in [0.5, 0.6) is 11.5 Å². The molecule has 0 saturated heterocycles. The summed E-state index contributed by atoms with van der Waals surface area (Å²) in [5, 5.41) is 21.1. The Bertz CT molecular complexity index is 1110. The van der Waals surface area contributed by atoms with Gasteiger partial charge in [0.15, 0.2) is 0 Å². The van der Waals surface area contributed by atoms with Crippen LogP contribution in [-0.2, 0) is 36.8 Å². The fourth-order valence-electron chi connectivity index (χ4n) is 4.55. The van der Waals surface area contributed by atoms with Crippen molar-refractivity contribution in [3.63, 3.8) is 0 Å². The maximum Gasteiger partial charge on any atom is 0.328 e. The summed E-state index contributed by atoms with van der Waals surface area (Å²) in [5.41, 5.74) is 1.68. The van der Waals surface area contributed by atoms with E-state index in [1.54, 1.807) is 48.5 Å². The maximum absolute atomic E-state index is 12.9. The fourth-order valence-corrected chi connectivity index (χ4v) is 4.55. The predicted octanol–water partition coefficient (Wildman–Crippen LogP) is 6.29. The monoisotopic (exact) mass is 597 g/mol. The predicted molar refractivity (Wildman–Crippen MR) is 164 cm³/mol. The third kappa shape index (κ3) is 16.4. The number of aryl methyl sites for hydroxylation is 1. The molecule has 1 amide bonds. The molecule has 236 valence electrons. The summed E-state index contributed by atoms with van der Waals surface area (Å²) in [6.07, 6.45) is 10.5. The third-order valence-electron chi connectivity index (χ3n) is 7.06. The van der Waals surface area contributed by atoms with Crippen molar-refractivity contribution in [2.24, 2.45) is 0 Å². The molecule has 0 aliphatic rings. The highest BCUT2D eigenvalue weighted by Crippen LogP contribution is 2.16. The molecule has 0 fully saturated rings. The van der Waals surface area contributed by atoms with Gasteiger partial charge in [0.1, 0.15) is 17.5 Å². The van der Waals surface area contributed by atoms with Gasteiger partial charge in [0, 0.05) is 25.7 Å². The van der Waals surface area contributed by atoms with Gasteiger partial charge in [0.25, 0.3) is 0 Å². The highest BCUT2D eigenvalue weighted by molar-refractivity contribution is 5.84. The van der Waals surface area contributed by atoms with Crippen molar-refractivity contribution in [1.29, 1.82) is 0 Å². The summed E-state index contributed by atoms with van der Waals surface area (Å²) in [7, 11) is 0. The maximum atomic E-state index is 12.9. The molecule has 0 aliphatic carbocycles. The van der Waals surface area contributed by atoms with E-state index in [1.165, 1.54) is 19.3 Å². The molecule has 0 aromatic heterocycles.